The van der Waals surface area contributed by atoms with Crippen LogP contribution in [0, 0.1) is 5.82 Å². The van der Waals surface area contributed by atoms with Crippen LogP contribution < -0.4 is 0 Å². The molecule has 1 N–H and O–H groups in total. The van der Waals surface area contributed by atoms with Crippen molar-refractivity contribution in [3.8, 4) is 0 Å². The lowest BCUT2D eigenvalue weighted by atomic mass is 10.0. The highest BCUT2D eigenvalue weighted by molar-refractivity contribution is 5.75. The van der Waals surface area contributed by atoms with Gasteiger partial charge in [-0.25, -0.2) is 4.39 Å². The zero-order chi connectivity index (χ0) is 9.14. The van der Waals surface area contributed by atoms with Crippen LogP contribution in [0.3, 0.4) is 0 Å². The second-order valence-electron chi connectivity index (χ2n) is 2.61. The predicted octanol–water partition coefficient (Wildman–Crippen LogP) is 2.01. The zero-order valence-electron chi connectivity index (χ0n) is 6.62. The van der Waals surface area contributed by atoms with Crippen LogP contribution in [-0.2, 0) is 4.79 Å². The van der Waals surface area contributed by atoms with Crippen molar-refractivity contribution in [3.05, 3.63) is 35.6 Å². The molecule has 0 saturated heterocycles. The Hall–Kier alpha value is -1.38. The maximum absolute atomic E-state index is 12.6. The summed E-state index contributed by atoms with van der Waals surface area (Å²) in [6.07, 6.45) is 0. The Labute approximate surface area is 69.6 Å². The summed E-state index contributed by atoms with van der Waals surface area (Å²) in [4.78, 5) is 10.5. The minimum atomic E-state index is -0.944. The predicted molar refractivity (Wildman–Crippen MR) is 42.5 cm³/mol. The minimum absolute atomic E-state index is 0.402. The molecule has 0 unspecified atom stereocenters. The molecule has 1 aromatic carbocycles. The third-order valence-corrected chi connectivity index (χ3v) is 1.72. The van der Waals surface area contributed by atoms with E-state index in [0.717, 1.165) is 0 Å². The molecule has 1 aromatic rings. The highest BCUT2D eigenvalue weighted by Gasteiger charge is 2.13. The van der Waals surface area contributed by atoms with E-state index in [1.807, 2.05) is 0 Å². The SMILES string of the molecule is C[C@@H](C(=O)O)c1cccc(F)c1. The van der Waals surface area contributed by atoms with Crippen LogP contribution in [0.5, 0.6) is 0 Å². The van der Waals surface area contributed by atoms with E-state index in [9.17, 15) is 9.18 Å². The van der Waals surface area contributed by atoms with Gasteiger partial charge in [-0.1, -0.05) is 12.1 Å². The summed E-state index contributed by atoms with van der Waals surface area (Å²) in [6, 6.07) is 5.63. The van der Waals surface area contributed by atoms with E-state index in [-0.39, 0.29) is 0 Å². The number of carboxylic acid groups (broad SMARTS) is 1. The van der Waals surface area contributed by atoms with Gasteiger partial charge in [-0.3, -0.25) is 4.79 Å². The molecule has 0 fully saturated rings. The van der Waals surface area contributed by atoms with Crippen molar-refractivity contribution in [3.63, 3.8) is 0 Å². The van der Waals surface area contributed by atoms with Gasteiger partial charge in [0, 0.05) is 0 Å². The summed E-state index contributed by atoms with van der Waals surface area (Å²) in [5.74, 6) is -2.00. The van der Waals surface area contributed by atoms with Gasteiger partial charge in [0.1, 0.15) is 5.82 Å². The first kappa shape index (κ1) is 8.71. The van der Waals surface area contributed by atoms with E-state index < -0.39 is 17.7 Å². The zero-order valence-corrected chi connectivity index (χ0v) is 6.62. The molecule has 0 radical (unpaired) electrons. The first-order valence-electron chi connectivity index (χ1n) is 3.59. The Morgan fingerprint density at radius 2 is 2.25 bits per heavy atom. The molecule has 0 aliphatic carbocycles. The van der Waals surface area contributed by atoms with Gasteiger partial charge in [0.05, 0.1) is 5.92 Å². The minimum Gasteiger partial charge on any atom is -0.481 e. The number of carboxylic acids is 1. The lowest BCUT2D eigenvalue weighted by Gasteiger charge is -2.05. The van der Waals surface area contributed by atoms with Crippen molar-refractivity contribution in [1.82, 2.24) is 0 Å². The first-order valence-corrected chi connectivity index (χ1v) is 3.59. The van der Waals surface area contributed by atoms with E-state index in [1.54, 1.807) is 6.07 Å². The molecular formula is C9H9FO2. The van der Waals surface area contributed by atoms with Crippen LogP contribution in [0.2, 0.25) is 0 Å². The second-order valence-corrected chi connectivity index (χ2v) is 2.61. The molecule has 0 bridgehead atoms. The molecular weight excluding hydrogens is 159 g/mol. The number of halogens is 1. The molecule has 0 aliphatic heterocycles. The van der Waals surface area contributed by atoms with Gasteiger partial charge >= 0.3 is 5.97 Å². The third-order valence-electron chi connectivity index (χ3n) is 1.72. The lowest BCUT2D eigenvalue weighted by molar-refractivity contribution is -0.138. The Kier molecular flexibility index (Phi) is 2.43. The number of rotatable bonds is 2. The summed E-state index contributed by atoms with van der Waals surface area (Å²) < 4.78 is 12.6. The molecule has 64 valence electrons. The standard InChI is InChI=1S/C9H9FO2/c1-6(9(11)12)7-3-2-4-8(10)5-7/h2-6H,1H3,(H,11,12)/t6-/m1/s1. The van der Waals surface area contributed by atoms with Gasteiger partial charge in [0.15, 0.2) is 0 Å². The van der Waals surface area contributed by atoms with Gasteiger partial charge in [-0.15, -0.1) is 0 Å². The van der Waals surface area contributed by atoms with Gasteiger partial charge in [0.2, 0.25) is 0 Å². The molecule has 1 rings (SSSR count). The van der Waals surface area contributed by atoms with Gasteiger partial charge in [-0.05, 0) is 24.6 Å². The summed E-state index contributed by atoms with van der Waals surface area (Å²) >= 11 is 0. The quantitative estimate of drug-likeness (QED) is 0.733. The lowest BCUT2D eigenvalue weighted by Crippen LogP contribution is -2.07. The number of carbonyl (C=O) groups is 1. The fourth-order valence-corrected chi connectivity index (χ4v) is 0.919. The van der Waals surface area contributed by atoms with Gasteiger partial charge in [-0.2, -0.15) is 0 Å². The van der Waals surface area contributed by atoms with Crippen LogP contribution in [0.25, 0.3) is 0 Å². The van der Waals surface area contributed by atoms with Gasteiger partial charge in [0.25, 0.3) is 0 Å². The molecule has 0 heterocycles. The number of hydrogen-bond donors (Lipinski definition) is 1. The summed E-state index contributed by atoms with van der Waals surface area (Å²) in [5, 5.41) is 8.60. The molecule has 0 aromatic heterocycles. The molecule has 0 amide bonds. The van der Waals surface area contributed by atoms with E-state index in [4.69, 9.17) is 5.11 Å². The van der Waals surface area contributed by atoms with Crippen molar-refractivity contribution >= 4 is 5.97 Å². The number of benzene rings is 1. The number of hydrogen-bond acceptors (Lipinski definition) is 1. The maximum atomic E-state index is 12.6. The van der Waals surface area contributed by atoms with Crippen LogP contribution in [0.1, 0.15) is 18.4 Å². The Morgan fingerprint density at radius 3 is 2.75 bits per heavy atom. The van der Waals surface area contributed by atoms with Crippen LogP contribution >= 0.6 is 0 Å². The van der Waals surface area contributed by atoms with E-state index in [0.29, 0.717) is 5.56 Å². The Balaban J connectivity index is 2.95. The van der Waals surface area contributed by atoms with Crippen molar-refractivity contribution < 1.29 is 14.3 Å². The Bertz CT molecular complexity index is 296. The molecule has 0 saturated carbocycles. The van der Waals surface area contributed by atoms with E-state index in [1.165, 1.54) is 25.1 Å². The second kappa shape index (κ2) is 3.34. The van der Waals surface area contributed by atoms with E-state index in [2.05, 4.69) is 0 Å². The Morgan fingerprint density at radius 1 is 1.58 bits per heavy atom. The molecule has 0 aliphatic rings. The summed E-state index contributed by atoms with van der Waals surface area (Å²) in [6.45, 7) is 1.52. The molecule has 3 heteroatoms. The molecule has 0 spiro atoms. The molecule has 1 atom stereocenters. The fraction of sp³-hybridized carbons (Fsp3) is 0.222. The van der Waals surface area contributed by atoms with Crippen molar-refractivity contribution in [2.75, 3.05) is 0 Å². The summed E-state index contributed by atoms with van der Waals surface area (Å²) in [7, 11) is 0. The molecule has 2 nitrogen and oxygen atoms in total. The maximum Gasteiger partial charge on any atom is 0.310 e. The van der Waals surface area contributed by atoms with Crippen molar-refractivity contribution in [2.24, 2.45) is 0 Å². The normalized spacial score (nSPS) is 12.5. The summed E-state index contributed by atoms with van der Waals surface area (Å²) in [5.41, 5.74) is 0.488. The average Bonchev–Trinajstić information content (AvgIpc) is 2.03. The van der Waals surface area contributed by atoms with Crippen LogP contribution in [0.15, 0.2) is 24.3 Å². The monoisotopic (exact) mass is 168 g/mol. The van der Waals surface area contributed by atoms with Gasteiger partial charge < -0.3 is 5.11 Å². The fourth-order valence-electron chi connectivity index (χ4n) is 0.919. The smallest absolute Gasteiger partial charge is 0.310 e. The van der Waals surface area contributed by atoms with Crippen LogP contribution in [0.4, 0.5) is 4.39 Å². The van der Waals surface area contributed by atoms with Crippen LogP contribution in [-0.4, -0.2) is 11.1 Å². The average molecular weight is 168 g/mol. The number of aliphatic carboxylic acids is 1. The highest BCUT2D eigenvalue weighted by Crippen LogP contribution is 2.15. The van der Waals surface area contributed by atoms with Crippen molar-refractivity contribution in [2.45, 2.75) is 12.8 Å². The topological polar surface area (TPSA) is 37.3 Å². The highest BCUT2D eigenvalue weighted by atomic mass is 19.1. The van der Waals surface area contributed by atoms with Crippen molar-refractivity contribution in [1.29, 1.82) is 0 Å². The van der Waals surface area contributed by atoms with E-state index >= 15 is 0 Å². The first-order chi connectivity index (χ1) is 5.61. The third kappa shape index (κ3) is 1.81. The molecule has 12 heavy (non-hydrogen) atoms. The largest absolute Gasteiger partial charge is 0.481 e.